The van der Waals surface area contributed by atoms with E-state index in [9.17, 15) is 0 Å². The van der Waals surface area contributed by atoms with E-state index < -0.39 is 0 Å². The Bertz CT molecular complexity index is 379. The fraction of sp³-hybridized carbons (Fsp3) is 0.538. The highest BCUT2D eigenvalue weighted by Gasteiger charge is 2.17. The number of methoxy groups -OCH3 is 1. The van der Waals surface area contributed by atoms with Crippen molar-refractivity contribution >= 4 is 24.0 Å². The molecule has 1 fully saturated rings. The summed E-state index contributed by atoms with van der Waals surface area (Å²) >= 11 is 6.02. The van der Waals surface area contributed by atoms with E-state index in [4.69, 9.17) is 22.1 Å². The molecule has 0 aromatic heterocycles. The molecule has 2 rings (SSSR count). The van der Waals surface area contributed by atoms with E-state index in [0.717, 1.165) is 48.8 Å². The van der Waals surface area contributed by atoms with Gasteiger partial charge in [0, 0.05) is 23.2 Å². The maximum absolute atomic E-state index is 6.02. The van der Waals surface area contributed by atoms with Crippen molar-refractivity contribution in [3.63, 3.8) is 0 Å². The number of nitrogens with two attached hydrogens (primary N) is 1. The predicted molar refractivity (Wildman–Crippen MR) is 77.7 cm³/mol. The summed E-state index contributed by atoms with van der Waals surface area (Å²) < 4.78 is 5.35. The summed E-state index contributed by atoms with van der Waals surface area (Å²) in [6.07, 6.45) is 2.14. The zero-order valence-corrected chi connectivity index (χ0v) is 12.1. The number of rotatable bonds is 3. The smallest absolute Gasteiger partial charge is 0.123 e. The minimum absolute atomic E-state index is 0. The first-order chi connectivity index (χ1) is 8.19. The first-order valence-corrected chi connectivity index (χ1v) is 6.37. The molecule has 0 unspecified atom stereocenters. The van der Waals surface area contributed by atoms with Crippen molar-refractivity contribution in [3.05, 3.63) is 28.8 Å². The van der Waals surface area contributed by atoms with Crippen LogP contribution < -0.4 is 10.5 Å². The third-order valence-electron chi connectivity index (χ3n) is 3.27. The van der Waals surface area contributed by atoms with Gasteiger partial charge in [-0.05, 0) is 44.1 Å². The molecule has 0 atom stereocenters. The Balaban J connectivity index is 0.00000162. The van der Waals surface area contributed by atoms with Crippen LogP contribution in [0.2, 0.25) is 5.02 Å². The van der Waals surface area contributed by atoms with Gasteiger partial charge in [0.05, 0.1) is 7.11 Å². The molecule has 1 aromatic rings. The lowest BCUT2D eigenvalue weighted by atomic mass is 10.1. The van der Waals surface area contributed by atoms with Crippen molar-refractivity contribution < 1.29 is 4.74 Å². The average Bonchev–Trinajstić information content (AvgIpc) is 2.32. The summed E-state index contributed by atoms with van der Waals surface area (Å²) in [5.74, 6) is 0.907. The molecule has 0 spiro atoms. The highest BCUT2D eigenvalue weighted by Crippen LogP contribution is 2.25. The molecule has 1 heterocycles. The second-order valence-corrected chi connectivity index (χ2v) is 5.01. The summed E-state index contributed by atoms with van der Waals surface area (Å²) in [5.41, 5.74) is 7.05. The highest BCUT2D eigenvalue weighted by atomic mass is 35.5. The summed E-state index contributed by atoms with van der Waals surface area (Å²) in [6, 6.07) is 6.13. The van der Waals surface area contributed by atoms with Gasteiger partial charge in [0.1, 0.15) is 5.75 Å². The van der Waals surface area contributed by atoms with Gasteiger partial charge in [-0.3, -0.25) is 4.90 Å². The Kier molecular flexibility index (Phi) is 6.22. The fourth-order valence-electron chi connectivity index (χ4n) is 2.22. The van der Waals surface area contributed by atoms with E-state index in [1.54, 1.807) is 7.11 Å². The molecule has 5 heteroatoms. The van der Waals surface area contributed by atoms with E-state index in [-0.39, 0.29) is 12.4 Å². The average molecular weight is 291 g/mol. The first-order valence-electron chi connectivity index (χ1n) is 5.99. The van der Waals surface area contributed by atoms with Gasteiger partial charge in [-0.2, -0.15) is 0 Å². The van der Waals surface area contributed by atoms with E-state index in [2.05, 4.69) is 4.90 Å². The van der Waals surface area contributed by atoms with E-state index >= 15 is 0 Å². The lowest BCUT2D eigenvalue weighted by Crippen LogP contribution is -2.39. The van der Waals surface area contributed by atoms with Crippen molar-refractivity contribution in [1.82, 2.24) is 4.90 Å². The molecular weight excluding hydrogens is 271 g/mol. The minimum Gasteiger partial charge on any atom is -0.496 e. The molecule has 2 N–H and O–H groups in total. The Hall–Kier alpha value is -0.480. The Morgan fingerprint density at radius 1 is 1.39 bits per heavy atom. The van der Waals surface area contributed by atoms with Crippen LogP contribution in [0.5, 0.6) is 5.75 Å². The first kappa shape index (κ1) is 15.6. The van der Waals surface area contributed by atoms with Crippen LogP contribution in [-0.2, 0) is 6.54 Å². The van der Waals surface area contributed by atoms with Crippen LogP contribution in [0, 0.1) is 0 Å². The number of nitrogens with zero attached hydrogens (tertiary/aromatic N) is 1. The zero-order valence-electron chi connectivity index (χ0n) is 10.6. The van der Waals surface area contributed by atoms with E-state index in [0.29, 0.717) is 6.04 Å². The van der Waals surface area contributed by atoms with Gasteiger partial charge in [0.15, 0.2) is 0 Å². The van der Waals surface area contributed by atoms with E-state index in [1.165, 1.54) is 0 Å². The van der Waals surface area contributed by atoms with Gasteiger partial charge in [0.25, 0.3) is 0 Å². The summed E-state index contributed by atoms with van der Waals surface area (Å²) in [4.78, 5) is 2.40. The SMILES string of the molecule is COc1ccc(Cl)cc1CN1CCC(N)CC1.Cl. The second-order valence-electron chi connectivity index (χ2n) is 4.57. The molecule has 0 saturated carbocycles. The predicted octanol–water partition coefficient (Wildman–Crippen LogP) is 2.69. The molecule has 0 aliphatic carbocycles. The zero-order chi connectivity index (χ0) is 12.3. The Labute approximate surface area is 120 Å². The molecule has 1 aliphatic rings. The number of benzene rings is 1. The molecule has 0 bridgehead atoms. The van der Waals surface area contributed by atoms with Crippen LogP contribution in [0.4, 0.5) is 0 Å². The molecule has 1 aromatic carbocycles. The fourth-order valence-corrected chi connectivity index (χ4v) is 2.42. The van der Waals surface area contributed by atoms with Crippen LogP contribution in [0.1, 0.15) is 18.4 Å². The highest BCUT2D eigenvalue weighted by molar-refractivity contribution is 6.30. The van der Waals surface area contributed by atoms with Gasteiger partial charge in [0.2, 0.25) is 0 Å². The number of ether oxygens (including phenoxy) is 1. The summed E-state index contributed by atoms with van der Waals surface area (Å²) in [7, 11) is 1.69. The summed E-state index contributed by atoms with van der Waals surface area (Å²) in [5, 5.41) is 0.759. The van der Waals surface area contributed by atoms with Crippen molar-refractivity contribution in [2.75, 3.05) is 20.2 Å². The number of halogens is 2. The molecule has 102 valence electrons. The molecule has 3 nitrogen and oxygen atoms in total. The molecule has 0 amide bonds. The van der Waals surface area contributed by atoms with Crippen LogP contribution in [0.25, 0.3) is 0 Å². The maximum Gasteiger partial charge on any atom is 0.123 e. The third-order valence-corrected chi connectivity index (χ3v) is 3.50. The Morgan fingerprint density at radius 3 is 2.67 bits per heavy atom. The van der Waals surface area contributed by atoms with Gasteiger partial charge in [-0.1, -0.05) is 11.6 Å². The molecular formula is C13H20Cl2N2O. The van der Waals surface area contributed by atoms with Gasteiger partial charge in [-0.25, -0.2) is 0 Å². The molecule has 0 radical (unpaired) electrons. The number of piperidine rings is 1. The monoisotopic (exact) mass is 290 g/mol. The largest absolute Gasteiger partial charge is 0.496 e. The number of hydrogen-bond acceptors (Lipinski definition) is 3. The summed E-state index contributed by atoms with van der Waals surface area (Å²) in [6.45, 7) is 2.99. The topological polar surface area (TPSA) is 38.5 Å². The Morgan fingerprint density at radius 2 is 2.06 bits per heavy atom. The van der Waals surface area contributed by atoms with Crippen LogP contribution in [0.15, 0.2) is 18.2 Å². The maximum atomic E-state index is 6.02. The van der Waals surface area contributed by atoms with Crippen LogP contribution >= 0.6 is 24.0 Å². The standard InChI is InChI=1S/C13H19ClN2O.ClH/c1-17-13-3-2-11(14)8-10(13)9-16-6-4-12(15)5-7-16;/h2-3,8,12H,4-7,9,15H2,1H3;1H. The molecule has 1 aliphatic heterocycles. The number of hydrogen-bond donors (Lipinski definition) is 1. The van der Waals surface area contributed by atoms with Crippen molar-refractivity contribution in [1.29, 1.82) is 0 Å². The van der Waals surface area contributed by atoms with Crippen molar-refractivity contribution in [2.45, 2.75) is 25.4 Å². The minimum atomic E-state index is 0. The molecule has 18 heavy (non-hydrogen) atoms. The van der Waals surface area contributed by atoms with Gasteiger partial charge in [-0.15, -0.1) is 12.4 Å². The van der Waals surface area contributed by atoms with Crippen LogP contribution in [0.3, 0.4) is 0 Å². The quantitative estimate of drug-likeness (QED) is 0.930. The third kappa shape index (κ3) is 4.02. The lowest BCUT2D eigenvalue weighted by Gasteiger charge is -2.30. The van der Waals surface area contributed by atoms with Gasteiger partial charge >= 0.3 is 0 Å². The number of likely N-dealkylation sites (tertiary alicyclic amines) is 1. The van der Waals surface area contributed by atoms with Crippen LogP contribution in [-0.4, -0.2) is 31.1 Å². The van der Waals surface area contributed by atoms with Crippen molar-refractivity contribution in [2.24, 2.45) is 5.73 Å². The lowest BCUT2D eigenvalue weighted by molar-refractivity contribution is 0.203. The molecule has 1 saturated heterocycles. The normalized spacial score (nSPS) is 17.3. The van der Waals surface area contributed by atoms with Gasteiger partial charge < -0.3 is 10.5 Å². The van der Waals surface area contributed by atoms with Crippen molar-refractivity contribution in [3.8, 4) is 5.75 Å². The van der Waals surface area contributed by atoms with E-state index in [1.807, 2.05) is 18.2 Å². The second kappa shape index (κ2) is 7.19.